The summed E-state index contributed by atoms with van der Waals surface area (Å²) in [4.78, 5) is 2.45. The van der Waals surface area contributed by atoms with E-state index in [-0.39, 0.29) is 0 Å². The SMILES string of the molecule is CCCN(CCOCC)Cc1ccccc1. The number of nitrogens with zero attached hydrogens (tertiary/aromatic N) is 1. The zero-order valence-corrected chi connectivity index (χ0v) is 10.5. The first-order chi connectivity index (χ1) is 7.86. The average Bonchev–Trinajstić information content (AvgIpc) is 2.31. The van der Waals surface area contributed by atoms with E-state index in [4.69, 9.17) is 4.74 Å². The molecular formula is C14H23NO. The molecule has 0 saturated heterocycles. The summed E-state index contributed by atoms with van der Waals surface area (Å²) in [5.74, 6) is 0. The number of ether oxygens (including phenoxy) is 1. The van der Waals surface area contributed by atoms with Crippen molar-refractivity contribution in [1.82, 2.24) is 4.90 Å². The summed E-state index contributed by atoms with van der Waals surface area (Å²) in [6, 6.07) is 10.6. The Morgan fingerprint density at radius 1 is 1.06 bits per heavy atom. The minimum atomic E-state index is 0.811. The highest BCUT2D eigenvalue weighted by atomic mass is 16.5. The van der Waals surface area contributed by atoms with Gasteiger partial charge in [0.25, 0.3) is 0 Å². The molecule has 0 unspecified atom stereocenters. The first-order valence-corrected chi connectivity index (χ1v) is 6.20. The summed E-state index contributed by atoms with van der Waals surface area (Å²) in [5, 5.41) is 0. The molecule has 0 radical (unpaired) electrons. The van der Waals surface area contributed by atoms with E-state index >= 15 is 0 Å². The van der Waals surface area contributed by atoms with Gasteiger partial charge < -0.3 is 4.74 Å². The third-order valence-electron chi connectivity index (χ3n) is 2.54. The normalized spacial score (nSPS) is 10.9. The molecule has 0 aliphatic rings. The maximum atomic E-state index is 5.41. The molecule has 16 heavy (non-hydrogen) atoms. The van der Waals surface area contributed by atoms with Gasteiger partial charge in [-0.1, -0.05) is 37.3 Å². The van der Waals surface area contributed by atoms with Crippen molar-refractivity contribution in [3.05, 3.63) is 35.9 Å². The number of hydrogen-bond donors (Lipinski definition) is 0. The van der Waals surface area contributed by atoms with Gasteiger partial charge in [0.05, 0.1) is 6.61 Å². The fourth-order valence-electron chi connectivity index (χ4n) is 1.77. The van der Waals surface area contributed by atoms with Gasteiger partial charge >= 0.3 is 0 Å². The molecule has 1 aromatic carbocycles. The van der Waals surface area contributed by atoms with E-state index in [0.29, 0.717) is 0 Å². The molecule has 0 saturated carbocycles. The first kappa shape index (κ1) is 13.2. The van der Waals surface area contributed by atoms with Gasteiger partial charge in [0.2, 0.25) is 0 Å². The van der Waals surface area contributed by atoms with Crippen molar-refractivity contribution in [2.75, 3.05) is 26.3 Å². The summed E-state index contributed by atoms with van der Waals surface area (Å²) in [6.45, 7) is 9.11. The summed E-state index contributed by atoms with van der Waals surface area (Å²) in [6.07, 6.45) is 1.19. The predicted octanol–water partition coefficient (Wildman–Crippen LogP) is 2.94. The van der Waals surface area contributed by atoms with Crippen LogP contribution in [0, 0.1) is 0 Å². The van der Waals surface area contributed by atoms with Crippen molar-refractivity contribution < 1.29 is 4.74 Å². The van der Waals surface area contributed by atoms with Gasteiger partial charge in [0, 0.05) is 19.7 Å². The summed E-state index contributed by atoms with van der Waals surface area (Å²) < 4.78 is 5.41. The van der Waals surface area contributed by atoms with Crippen LogP contribution in [0.5, 0.6) is 0 Å². The van der Waals surface area contributed by atoms with Crippen molar-refractivity contribution in [2.24, 2.45) is 0 Å². The van der Waals surface area contributed by atoms with Gasteiger partial charge in [-0.3, -0.25) is 4.90 Å². The lowest BCUT2D eigenvalue weighted by atomic mass is 10.2. The minimum absolute atomic E-state index is 0.811. The van der Waals surface area contributed by atoms with Crippen molar-refractivity contribution in [3.8, 4) is 0 Å². The molecule has 0 heterocycles. The van der Waals surface area contributed by atoms with Crippen LogP contribution in [0.1, 0.15) is 25.8 Å². The van der Waals surface area contributed by atoms with Gasteiger partial charge in [-0.15, -0.1) is 0 Å². The highest BCUT2D eigenvalue weighted by molar-refractivity contribution is 5.14. The zero-order chi connectivity index (χ0) is 11.6. The minimum Gasteiger partial charge on any atom is -0.380 e. The molecule has 0 bridgehead atoms. The first-order valence-electron chi connectivity index (χ1n) is 6.20. The Balaban J connectivity index is 2.38. The van der Waals surface area contributed by atoms with E-state index in [0.717, 1.165) is 32.8 Å². The van der Waals surface area contributed by atoms with E-state index < -0.39 is 0 Å². The fraction of sp³-hybridized carbons (Fsp3) is 0.571. The quantitative estimate of drug-likeness (QED) is 0.626. The van der Waals surface area contributed by atoms with Crippen LogP contribution in [0.3, 0.4) is 0 Å². The Morgan fingerprint density at radius 3 is 2.44 bits per heavy atom. The second-order valence-corrected chi connectivity index (χ2v) is 3.96. The fourth-order valence-corrected chi connectivity index (χ4v) is 1.77. The molecule has 0 aliphatic heterocycles. The lowest BCUT2D eigenvalue weighted by Crippen LogP contribution is -2.28. The maximum Gasteiger partial charge on any atom is 0.0593 e. The molecule has 1 rings (SSSR count). The topological polar surface area (TPSA) is 12.5 Å². The Bertz CT molecular complexity index is 261. The van der Waals surface area contributed by atoms with Crippen LogP contribution in [0.2, 0.25) is 0 Å². The van der Waals surface area contributed by atoms with E-state index in [1.807, 2.05) is 6.92 Å². The van der Waals surface area contributed by atoms with Gasteiger partial charge in [-0.25, -0.2) is 0 Å². The van der Waals surface area contributed by atoms with Gasteiger partial charge in [-0.2, -0.15) is 0 Å². The standard InChI is InChI=1S/C14H23NO/c1-3-10-15(11-12-16-4-2)13-14-8-6-5-7-9-14/h5-9H,3-4,10-13H2,1-2H3. The molecule has 0 spiro atoms. The molecule has 0 atom stereocenters. The molecule has 1 aromatic rings. The number of rotatable bonds is 8. The highest BCUT2D eigenvalue weighted by Gasteiger charge is 2.04. The lowest BCUT2D eigenvalue weighted by molar-refractivity contribution is 0.110. The van der Waals surface area contributed by atoms with E-state index in [9.17, 15) is 0 Å². The Kier molecular flexibility index (Phi) is 6.86. The van der Waals surface area contributed by atoms with Gasteiger partial charge in [0.15, 0.2) is 0 Å². The molecule has 0 fully saturated rings. The van der Waals surface area contributed by atoms with Crippen LogP contribution >= 0.6 is 0 Å². The second-order valence-electron chi connectivity index (χ2n) is 3.96. The van der Waals surface area contributed by atoms with Crippen LogP contribution in [0.25, 0.3) is 0 Å². The van der Waals surface area contributed by atoms with E-state index in [1.165, 1.54) is 12.0 Å². The van der Waals surface area contributed by atoms with Crippen molar-refractivity contribution in [1.29, 1.82) is 0 Å². The van der Waals surface area contributed by atoms with Crippen LogP contribution in [0.4, 0.5) is 0 Å². The molecule has 0 aliphatic carbocycles. The third kappa shape index (κ3) is 5.29. The van der Waals surface area contributed by atoms with Crippen LogP contribution in [0.15, 0.2) is 30.3 Å². The molecule has 2 heteroatoms. The largest absolute Gasteiger partial charge is 0.380 e. The van der Waals surface area contributed by atoms with Crippen molar-refractivity contribution >= 4 is 0 Å². The summed E-state index contributed by atoms with van der Waals surface area (Å²) in [7, 11) is 0. The molecule has 0 N–H and O–H groups in total. The second kappa shape index (κ2) is 8.31. The van der Waals surface area contributed by atoms with Crippen molar-refractivity contribution in [2.45, 2.75) is 26.8 Å². The van der Waals surface area contributed by atoms with Crippen LogP contribution < -0.4 is 0 Å². The highest BCUT2D eigenvalue weighted by Crippen LogP contribution is 2.04. The van der Waals surface area contributed by atoms with Gasteiger partial charge in [-0.05, 0) is 25.5 Å². The van der Waals surface area contributed by atoms with Crippen LogP contribution in [-0.4, -0.2) is 31.2 Å². The van der Waals surface area contributed by atoms with E-state index in [1.54, 1.807) is 0 Å². The molecular weight excluding hydrogens is 198 g/mol. The lowest BCUT2D eigenvalue weighted by Gasteiger charge is -2.21. The van der Waals surface area contributed by atoms with Crippen LogP contribution in [-0.2, 0) is 11.3 Å². The zero-order valence-electron chi connectivity index (χ0n) is 10.5. The van der Waals surface area contributed by atoms with E-state index in [2.05, 4.69) is 42.2 Å². The molecule has 90 valence electrons. The molecule has 0 amide bonds. The molecule has 2 nitrogen and oxygen atoms in total. The Hall–Kier alpha value is -0.860. The smallest absolute Gasteiger partial charge is 0.0593 e. The summed E-state index contributed by atoms with van der Waals surface area (Å²) in [5.41, 5.74) is 1.38. The monoisotopic (exact) mass is 221 g/mol. The van der Waals surface area contributed by atoms with Crippen molar-refractivity contribution in [3.63, 3.8) is 0 Å². The molecule has 0 aromatic heterocycles. The average molecular weight is 221 g/mol. The number of benzene rings is 1. The Labute approximate surface area is 99.2 Å². The number of hydrogen-bond acceptors (Lipinski definition) is 2. The van der Waals surface area contributed by atoms with Gasteiger partial charge in [0.1, 0.15) is 0 Å². The predicted molar refractivity (Wildman–Crippen MR) is 68.5 cm³/mol. The summed E-state index contributed by atoms with van der Waals surface area (Å²) >= 11 is 0. The third-order valence-corrected chi connectivity index (χ3v) is 2.54. The maximum absolute atomic E-state index is 5.41. The Morgan fingerprint density at radius 2 is 1.81 bits per heavy atom.